The third-order valence-corrected chi connectivity index (χ3v) is 7.32. The minimum Gasteiger partial charge on any atom is -0.508 e. The number of methoxy groups -OCH3 is 1. The number of aromatic hydroxyl groups is 1. The Balaban J connectivity index is 1.79. The summed E-state index contributed by atoms with van der Waals surface area (Å²) in [6, 6.07) is 11.0. The first-order valence-corrected chi connectivity index (χ1v) is 12.1. The van der Waals surface area contributed by atoms with Crippen LogP contribution in [-0.2, 0) is 9.53 Å². The van der Waals surface area contributed by atoms with Gasteiger partial charge in [0.15, 0.2) is 5.78 Å². The number of carbonyl (C=O) groups excluding carboxylic acids is 2. The molecule has 2 aromatic rings. The summed E-state index contributed by atoms with van der Waals surface area (Å²) in [6.07, 6.45) is -0.0487. The number of hydrogen-bond donors (Lipinski definition) is 2. The number of ether oxygens (including phenoxy) is 1. The molecule has 2 N–H and O–H groups in total. The van der Waals surface area contributed by atoms with Crippen LogP contribution < -0.4 is 0 Å². The average molecular weight is 485 g/mol. The molecule has 8 heteroatoms. The Hall–Kier alpha value is -2.81. The molecule has 4 rings (SSSR count). The summed E-state index contributed by atoms with van der Waals surface area (Å²) in [6.45, 7) is 4.16. The summed E-state index contributed by atoms with van der Waals surface area (Å²) in [5, 5.41) is 20.0. The van der Waals surface area contributed by atoms with E-state index in [0.717, 1.165) is 0 Å². The molecular formula is C27H33FN2O5. The van der Waals surface area contributed by atoms with Gasteiger partial charge in [-0.3, -0.25) is 14.5 Å². The van der Waals surface area contributed by atoms with Crippen LogP contribution in [0, 0.1) is 24.6 Å². The molecule has 2 fully saturated rings. The van der Waals surface area contributed by atoms with E-state index < -0.39 is 23.9 Å². The summed E-state index contributed by atoms with van der Waals surface area (Å²) in [5.74, 6) is -2.51. The fraction of sp³-hybridized carbons (Fsp3) is 0.481. The van der Waals surface area contributed by atoms with Gasteiger partial charge in [0.05, 0.1) is 18.6 Å². The van der Waals surface area contributed by atoms with Crippen molar-refractivity contribution in [1.29, 1.82) is 0 Å². The van der Waals surface area contributed by atoms with Gasteiger partial charge in [0.1, 0.15) is 11.6 Å². The molecule has 35 heavy (non-hydrogen) atoms. The lowest BCUT2D eigenvalue weighted by atomic mass is 9.69. The number of likely N-dealkylation sites (tertiary alicyclic amines) is 2. The van der Waals surface area contributed by atoms with Crippen LogP contribution in [0.4, 0.5) is 4.39 Å². The Bertz CT molecular complexity index is 1080. The van der Waals surface area contributed by atoms with Gasteiger partial charge in [0, 0.05) is 57.2 Å². The zero-order valence-corrected chi connectivity index (χ0v) is 20.2. The first-order valence-electron chi connectivity index (χ1n) is 12.1. The predicted octanol–water partition coefficient (Wildman–Crippen LogP) is 2.59. The van der Waals surface area contributed by atoms with Crippen molar-refractivity contribution in [3.05, 3.63) is 65.0 Å². The minimum atomic E-state index is -0.635. The first kappa shape index (κ1) is 25.3. The second-order valence-corrected chi connectivity index (χ2v) is 9.59. The van der Waals surface area contributed by atoms with Gasteiger partial charge in [0.2, 0.25) is 5.91 Å². The van der Waals surface area contributed by atoms with Crippen molar-refractivity contribution in [2.75, 3.05) is 46.4 Å². The van der Waals surface area contributed by atoms with Crippen LogP contribution in [0.1, 0.15) is 33.8 Å². The van der Waals surface area contributed by atoms with Crippen molar-refractivity contribution in [2.45, 2.75) is 25.4 Å². The lowest BCUT2D eigenvalue weighted by Crippen LogP contribution is -2.53. The zero-order valence-electron chi connectivity index (χ0n) is 20.2. The van der Waals surface area contributed by atoms with Crippen molar-refractivity contribution in [3.8, 4) is 5.75 Å². The lowest BCUT2D eigenvalue weighted by molar-refractivity contribution is -0.138. The van der Waals surface area contributed by atoms with Crippen molar-refractivity contribution in [2.24, 2.45) is 11.8 Å². The third kappa shape index (κ3) is 5.39. The molecule has 0 saturated carbocycles. The van der Waals surface area contributed by atoms with Crippen LogP contribution in [0.2, 0.25) is 0 Å². The van der Waals surface area contributed by atoms with Gasteiger partial charge in [-0.25, -0.2) is 4.39 Å². The standard InChI is InChI=1S/C27H33FN2O5/c1-17-21(7-4-8-24(17)28)25-22(26(33)18-5-3-6-19(31)13-18)15-29(11-12-35-2)16-23(25)27(34)30-10-9-20(32)14-30/h3-8,13,20,22-23,25,31-32H,9-12,14-16H2,1-2H3/t20-,22-,23?,25+/m0/s1. The van der Waals surface area contributed by atoms with Gasteiger partial charge < -0.3 is 19.8 Å². The smallest absolute Gasteiger partial charge is 0.227 e. The highest BCUT2D eigenvalue weighted by molar-refractivity contribution is 5.99. The molecule has 0 aliphatic carbocycles. The second-order valence-electron chi connectivity index (χ2n) is 9.59. The summed E-state index contributed by atoms with van der Waals surface area (Å²) >= 11 is 0. The maximum Gasteiger partial charge on any atom is 0.227 e. The number of phenols is 1. The number of amides is 1. The molecule has 1 unspecified atom stereocenters. The number of rotatable bonds is 7. The van der Waals surface area contributed by atoms with E-state index in [4.69, 9.17) is 4.74 Å². The van der Waals surface area contributed by atoms with Crippen LogP contribution >= 0.6 is 0 Å². The average Bonchev–Trinajstić information content (AvgIpc) is 3.29. The number of β-amino-alcohol motifs (C(OH)–C–C–N with tert-alkyl or cyclic N) is 1. The topological polar surface area (TPSA) is 90.3 Å². The molecule has 0 radical (unpaired) electrons. The van der Waals surface area contributed by atoms with Crippen molar-refractivity contribution in [3.63, 3.8) is 0 Å². The molecule has 2 aliphatic heterocycles. The maximum atomic E-state index is 14.7. The monoisotopic (exact) mass is 484 g/mol. The minimum absolute atomic E-state index is 0.0138. The third-order valence-electron chi connectivity index (χ3n) is 7.32. The summed E-state index contributed by atoms with van der Waals surface area (Å²) in [4.78, 5) is 31.4. The number of ketones is 1. The number of aliphatic hydroxyl groups excluding tert-OH is 1. The molecule has 1 amide bonds. The van der Waals surface area contributed by atoms with E-state index >= 15 is 0 Å². The largest absolute Gasteiger partial charge is 0.508 e. The van der Waals surface area contributed by atoms with Gasteiger partial charge in [0.25, 0.3) is 0 Å². The number of Topliss-reactive ketones (excluding diaryl/α,β-unsaturated/α-hetero) is 1. The normalized spacial score (nSPS) is 25.1. The number of phenolic OH excluding ortho intramolecular Hbond substituents is 1. The van der Waals surface area contributed by atoms with Crippen LogP contribution in [0.15, 0.2) is 42.5 Å². The molecule has 0 spiro atoms. The summed E-state index contributed by atoms with van der Waals surface area (Å²) in [5.41, 5.74) is 1.43. The van der Waals surface area contributed by atoms with E-state index in [-0.39, 0.29) is 29.8 Å². The SMILES string of the molecule is COCCN1CC(C(=O)N2CC[C@H](O)C2)[C@H](c2cccc(F)c2C)[C@@H](C(=O)c2cccc(O)c2)C1. The molecule has 2 aliphatic rings. The van der Waals surface area contributed by atoms with E-state index in [2.05, 4.69) is 4.90 Å². The number of hydrogen-bond acceptors (Lipinski definition) is 6. The molecule has 2 aromatic carbocycles. The Kier molecular flexibility index (Phi) is 7.84. The number of piperidine rings is 1. The summed E-state index contributed by atoms with van der Waals surface area (Å²) < 4.78 is 19.9. The van der Waals surface area contributed by atoms with Gasteiger partial charge in [-0.1, -0.05) is 24.3 Å². The number of nitrogens with zero attached hydrogens (tertiary/aromatic N) is 2. The van der Waals surface area contributed by atoms with E-state index in [1.807, 2.05) is 0 Å². The Labute approximate surface area is 205 Å². The zero-order chi connectivity index (χ0) is 25.1. The highest BCUT2D eigenvalue weighted by Crippen LogP contribution is 2.42. The molecule has 4 atom stereocenters. The molecule has 188 valence electrons. The number of benzene rings is 2. The molecular weight excluding hydrogens is 451 g/mol. The number of halogens is 1. The highest BCUT2D eigenvalue weighted by atomic mass is 19.1. The fourth-order valence-electron chi connectivity index (χ4n) is 5.49. The van der Waals surface area contributed by atoms with Crippen molar-refractivity contribution >= 4 is 11.7 Å². The second kappa shape index (κ2) is 10.8. The van der Waals surface area contributed by atoms with Crippen molar-refractivity contribution in [1.82, 2.24) is 9.80 Å². The van der Waals surface area contributed by atoms with E-state index in [1.165, 1.54) is 18.2 Å². The van der Waals surface area contributed by atoms with Gasteiger partial charge in [-0.15, -0.1) is 0 Å². The van der Waals surface area contributed by atoms with Gasteiger partial charge in [-0.05, 0) is 42.7 Å². The summed E-state index contributed by atoms with van der Waals surface area (Å²) in [7, 11) is 1.60. The van der Waals surface area contributed by atoms with E-state index in [9.17, 15) is 24.2 Å². The van der Waals surface area contributed by atoms with Crippen LogP contribution in [0.25, 0.3) is 0 Å². The fourth-order valence-corrected chi connectivity index (χ4v) is 5.49. The number of aliphatic hydroxyl groups is 1. The highest BCUT2D eigenvalue weighted by Gasteiger charge is 2.47. The van der Waals surface area contributed by atoms with E-state index in [0.29, 0.717) is 55.9 Å². The molecule has 0 aromatic heterocycles. The maximum absolute atomic E-state index is 14.7. The van der Waals surface area contributed by atoms with Crippen LogP contribution in [0.5, 0.6) is 5.75 Å². The van der Waals surface area contributed by atoms with Gasteiger partial charge >= 0.3 is 0 Å². The van der Waals surface area contributed by atoms with Crippen molar-refractivity contribution < 1.29 is 28.9 Å². The Morgan fingerprint density at radius 3 is 2.54 bits per heavy atom. The lowest BCUT2D eigenvalue weighted by Gasteiger charge is -2.44. The molecule has 2 saturated heterocycles. The Morgan fingerprint density at radius 1 is 1.11 bits per heavy atom. The Morgan fingerprint density at radius 2 is 1.86 bits per heavy atom. The van der Waals surface area contributed by atoms with Gasteiger partial charge in [-0.2, -0.15) is 0 Å². The van der Waals surface area contributed by atoms with Crippen LogP contribution in [0.3, 0.4) is 0 Å². The van der Waals surface area contributed by atoms with Crippen LogP contribution in [-0.4, -0.2) is 84.2 Å². The predicted molar refractivity (Wildman–Crippen MR) is 129 cm³/mol. The number of carbonyl (C=O) groups is 2. The molecule has 2 heterocycles. The molecule has 7 nitrogen and oxygen atoms in total. The first-order chi connectivity index (χ1) is 16.8. The van der Waals surface area contributed by atoms with E-state index in [1.54, 1.807) is 43.2 Å². The molecule has 0 bridgehead atoms. The quantitative estimate of drug-likeness (QED) is 0.588.